The molecule has 0 aliphatic rings. The van der Waals surface area contributed by atoms with Crippen LogP contribution in [0.4, 0.5) is 0 Å². The average Bonchev–Trinajstić information content (AvgIpc) is 3.22. The second-order valence-electron chi connectivity index (χ2n) is 15.5. The van der Waals surface area contributed by atoms with E-state index in [0.29, 0.717) is 12.8 Å². The molecule has 0 heterocycles. The maximum Gasteiger partial charge on any atom is 0.472 e. The van der Waals surface area contributed by atoms with Crippen molar-refractivity contribution in [2.45, 2.75) is 206 Å². The van der Waals surface area contributed by atoms with E-state index in [2.05, 4.69) is 79.1 Å². The quantitative estimate of drug-likeness (QED) is 0.0230. The molecule has 0 saturated heterocycles. The van der Waals surface area contributed by atoms with Crippen molar-refractivity contribution in [3.8, 4) is 0 Å². The van der Waals surface area contributed by atoms with E-state index in [1.54, 1.807) is 0 Å². The molecule has 0 fully saturated rings. The molecule has 3 atom stereocenters. The number of carboxylic acid groups (broad SMARTS) is 1. The van der Waals surface area contributed by atoms with Crippen molar-refractivity contribution >= 4 is 25.7 Å². The van der Waals surface area contributed by atoms with Crippen LogP contribution < -0.4 is 5.73 Å². The van der Waals surface area contributed by atoms with Crippen LogP contribution >= 0.6 is 7.82 Å². The van der Waals surface area contributed by atoms with Gasteiger partial charge in [-0.1, -0.05) is 164 Å². The van der Waals surface area contributed by atoms with Gasteiger partial charge in [0.15, 0.2) is 6.10 Å². The molecule has 346 valence electrons. The molecular weight excluding hydrogens is 781 g/mol. The monoisotopic (exact) mass is 866 g/mol. The van der Waals surface area contributed by atoms with Gasteiger partial charge in [0.2, 0.25) is 0 Å². The fourth-order valence-electron chi connectivity index (χ4n) is 6.11. The number of aliphatic carboxylic acids is 1. The smallest absolute Gasteiger partial charge is 0.472 e. The Bertz CT molecular complexity index is 1250. The van der Waals surface area contributed by atoms with Crippen molar-refractivity contribution in [1.82, 2.24) is 0 Å². The largest absolute Gasteiger partial charge is 0.480 e. The summed E-state index contributed by atoms with van der Waals surface area (Å²) in [7, 11) is -4.73. The molecule has 3 unspecified atom stereocenters. The van der Waals surface area contributed by atoms with Crippen LogP contribution in [0, 0.1) is 0 Å². The molecule has 4 N–H and O–H groups in total. The normalized spacial score (nSPS) is 14.2. The molecule has 0 radical (unpaired) electrons. The summed E-state index contributed by atoms with van der Waals surface area (Å²) in [5.74, 6) is -2.44. The van der Waals surface area contributed by atoms with E-state index < -0.39 is 51.1 Å². The Hall–Kier alpha value is -2.82. The lowest BCUT2D eigenvalue weighted by molar-refractivity contribution is -0.161. The molecule has 0 aliphatic carbocycles. The van der Waals surface area contributed by atoms with Gasteiger partial charge in [0.1, 0.15) is 12.6 Å². The minimum atomic E-state index is -4.73. The molecule has 12 heteroatoms. The summed E-state index contributed by atoms with van der Waals surface area (Å²) < 4.78 is 32.7. The van der Waals surface area contributed by atoms with E-state index in [4.69, 9.17) is 24.8 Å². The van der Waals surface area contributed by atoms with Crippen LogP contribution in [0.5, 0.6) is 0 Å². The van der Waals surface area contributed by atoms with Crippen molar-refractivity contribution in [2.75, 3.05) is 19.8 Å². The van der Waals surface area contributed by atoms with E-state index in [1.165, 1.54) is 96.3 Å². The Labute approximate surface area is 364 Å². The zero-order valence-electron chi connectivity index (χ0n) is 37.5. The van der Waals surface area contributed by atoms with Crippen molar-refractivity contribution in [1.29, 1.82) is 0 Å². The SMILES string of the molecule is CC/C=C\C/C=C\C/C=C\C/C=C\CCCCC(=O)OC(COC(=O)CCCCCCCCCCC/C=C\CCCCCCCCCC)COP(=O)(O)OCC(N)C(=O)O. The maximum atomic E-state index is 12.6. The summed E-state index contributed by atoms with van der Waals surface area (Å²) in [4.78, 5) is 46.0. The van der Waals surface area contributed by atoms with Gasteiger partial charge in [0.05, 0.1) is 13.2 Å². The molecule has 0 aromatic carbocycles. The highest BCUT2D eigenvalue weighted by atomic mass is 31.2. The first-order valence-electron chi connectivity index (χ1n) is 23.3. The highest BCUT2D eigenvalue weighted by Crippen LogP contribution is 2.43. The predicted molar refractivity (Wildman–Crippen MR) is 245 cm³/mol. The number of phosphoric ester groups is 1. The molecule has 0 aliphatic heterocycles. The number of nitrogens with two attached hydrogens (primary N) is 1. The Morgan fingerprint density at radius 2 is 0.933 bits per heavy atom. The van der Waals surface area contributed by atoms with E-state index >= 15 is 0 Å². The Morgan fingerprint density at radius 1 is 0.533 bits per heavy atom. The highest BCUT2D eigenvalue weighted by Gasteiger charge is 2.28. The second kappa shape index (κ2) is 42.9. The summed E-state index contributed by atoms with van der Waals surface area (Å²) in [6, 6.07) is -1.53. The van der Waals surface area contributed by atoms with Gasteiger partial charge in [-0.3, -0.25) is 23.4 Å². The van der Waals surface area contributed by atoms with Gasteiger partial charge in [-0.15, -0.1) is 0 Å². The number of hydrogen-bond acceptors (Lipinski definition) is 9. The number of hydrogen-bond donors (Lipinski definition) is 3. The van der Waals surface area contributed by atoms with E-state index in [1.807, 2.05) is 0 Å². The van der Waals surface area contributed by atoms with Gasteiger partial charge in [0, 0.05) is 12.8 Å². The third-order valence-corrected chi connectivity index (χ3v) is 10.7. The van der Waals surface area contributed by atoms with E-state index in [9.17, 15) is 23.8 Å². The van der Waals surface area contributed by atoms with Crippen LogP contribution in [0.2, 0.25) is 0 Å². The number of ether oxygens (including phenoxy) is 2. The number of carboxylic acids is 1. The summed E-state index contributed by atoms with van der Waals surface area (Å²) in [6.07, 6.45) is 50.1. The number of carbonyl (C=O) groups excluding carboxylic acids is 2. The van der Waals surface area contributed by atoms with Gasteiger partial charge in [-0.2, -0.15) is 0 Å². The number of rotatable bonds is 43. The van der Waals surface area contributed by atoms with Crippen LogP contribution in [0.15, 0.2) is 60.8 Å². The number of unbranched alkanes of at least 4 members (excludes halogenated alkanes) is 19. The van der Waals surface area contributed by atoms with Crippen molar-refractivity contribution in [3.05, 3.63) is 60.8 Å². The third kappa shape index (κ3) is 41.9. The van der Waals surface area contributed by atoms with E-state index in [0.717, 1.165) is 57.8 Å². The van der Waals surface area contributed by atoms with Crippen molar-refractivity contribution in [3.63, 3.8) is 0 Å². The molecule has 11 nitrogen and oxygen atoms in total. The van der Waals surface area contributed by atoms with Crippen LogP contribution in [-0.4, -0.2) is 59.9 Å². The van der Waals surface area contributed by atoms with Crippen molar-refractivity contribution < 1.29 is 47.5 Å². The fraction of sp³-hybridized carbons (Fsp3) is 0.729. The third-order valence-electron chi connectivity index (χ3n) is 9.75. The minimum Gasteiger partial charge on any atom is -0.480 e. The van der Waals surface area contributed by atoms with Gasteiger partial charge in [-0.05, 0) is 77.0 Å². The number of carbonyl (C=O) groups is 3. The minimum absolute atomic E-state index is 0.107. The molecule has 0 aromatic heterocycles. The summed E-state index contributed by atoms with van der Waals surface area (Å²) >= 11 is 0. The Balaban J connectivity index is 4.33. The fourth-order valence-corrected chi connectivity index (χ4v) is 6.89. The van der Waals surface area contributed by atoms with Crippen molar-refractivity contribution in [2.24, 2.45) is 5.73 Å². The summed E-state index contributed by atoms with van der Waals surface area (Å²) in [5, 5.41) is 8.90. The van der Waals surface area contributed by atoms with Crippen LogP contribution in [0.1, 0.15) is 194 Å². The Morgan fingerprint density at radius 3 is 1.45 bits per heavy atom. The van der Waals surface area contributed by atoms with Crippen LogP contribution in [0.3, 0.4) is 0 Å². The predicted octanol–water partition coefficient (Wildman–Crippen LogP) is 12.7. The van der Waals surface area contributed by atoms with Gasteiger partial charge in [0.25, 0.3) is 0 Å². The Kier molecular flexibility index (Phi) is 40.8. The lowest BCUT2D eigenvalue weighted by Gasteiger charge is -2.20. The van der Waals surface area contributed by atoms with Gasteiger partial charge in [-0.25, -0.2) is 4.57 Å². The number of phosphoric acid groups is 1. The van der Waals surface area contributed by atoms with E-state index in [-0.39, 0.29) is 19.4 Å². The zero-order chi connectivity index (χ0) is 44.2. The standard InChI is InChI=1S/C48H84NO10P/c1-3-5-7-9-11-13-15-17-19-20-21-22-23-24-26-27-29-31-33-35-37-39-46(50)56-41-44(42-57-60(54,55)58-43-45(49)48(52)53)59-47(51)40-38-36-34-32-30-28-25-18-16-14-12-10-8-6-4-2/h6,8,12,14,18,20-21,25,30,32,44-45H,3-5,7,9-11,13,15-17,19,22-24,26-29,31,33-43,49H2,1-2H3,(H,52,53)(H,54,55)/b8-6-,14-12-,21-20-,25-18-,32-30-. The van der Waals surface area contributed by atoms with Crippen LogP contribution in [-0.2, 0) is 37.5 Å². The first kappa shape index (κ1) is 57.2. The molecule has 0 spiro atoms. The molecule has 0 rings (SSSR count). The lowest BCUT2D eigenvalue weighted by Crippen LogP contribution is -2.34. The molecule has 0 bridgehead atoms. The zero-order valence-corrected chi connectivity index (χ0v) is 38.4. The first-order valence-corrected chi connectivity index (χ1v) is 24.8. The van der Waals surface area contributed by atoms with Gasteiger partial charge < -0.3 is 25.2 Å². The second-order valence-corrected chi connectivity index (χ2v) is 17.0. The topological polar surface area (TPSA) is 172 Å². The molecule has 60 heavy (non-hydrogen) atoms. The highest BCUT2D eigenvalue weighted by molar-refractivity contribution is 7.47. The maximum absolute atomic E-state index is 12.6. The summed E-state index contributed by atoms with van der Waals surface area (Å²) in [5.41, 5.74) is 5.33. The summed E-state index contributed by atoms with van der Waals surface area (Å²) in [6.45, 7) is 2.65. The first-order chi connectivity index (χ1) is 29.1. The van der Waals surface area contributed by atoms with Gasteiger partial charge >= 0.3 is 25.7 Å². The molecule has 0 saturated carbocycles. The van der Waals surface area contributed by atoms with Crippen LogP contribution in [0.25, 0.3) is 0 Å². The number of esters is 2. The molecule has 0 amide bonds. The molecular formula is C48H84NO10P. The molecule has 0 aromatic rings. The lowest BCUT2D eigenvalue weighted by atomic mass is 10.1. The number of allylic oxidation sites excluding steroid dienone is 10. The average molecular weight is 866 g/mol.